The van der Waals surface area contributed by atoms with Crippen LogP contribution in [-0.2, 0) is 4.79 Å². The Balaban J connectivity index is 2.24. The number of aliphatic hydroxyl groups is 1. The van der Waals surface area contributed by atoms with Gasteiger partial charge in [0.25, 0.3) is 0 Å². The van der Waals surface area contributed by atoms with Gasteiger partial charge in [-0.1, -0.05) is 6.92 Å². The number of carbonyl (C=O) groups excluding carboxylic acids is 1. The third kappa shape index (κ3) is 3.76. The van der Waals surface area contributed by atoms with E-state index < -0.39 is 0 Å². The molecule has 1 aliphatic rings. The van der Waals surface area contributed by atoms with Crippen molar-refractivity contribution in [2.75, 3.05) is 26.7 Å². The Kier molecular flexibility index (Phi) is 5.77. The average Bonchev–Trinajstić information content (AvgIpc) is 2.69. The number of carbonyl (C=O) groups is 1. The van der Waals surface area contributed by atoms with Crippen LogP contribution < -0.4 is 5.32 Å². The summed E-state index contributed by atoms with van der Waals surface area (Å²) in [6.45, 7) is 4.13. The van der Waals surface area contributed by atoms with Crippen molar-refractivity contribution in [3.05, 3.63) is 0 Å². The third-order valence-corrected chi connectivity index (χ3v) is 3.33. The number of nitrogens with one attached hydrogen (secondary N) is 1. The number of hydrogen-bond donors (Lipinski definition) is 2. The Morgan fingerprint density at radius 3 is 2.75 bits per heavy atom. The lowest BCUT2D eigenvalue weighted by molar-refractivity contribution is -0.132. The van der Waals surface area contributed by atoms with Crippen LogP contribution in [0, 0.1) is 5.92 Å². The zero-order valence-electron chi connectivity index (χ0n) is 10.4. The molecule has 0 aliphatic carbocycles. The SMILES string of the molecule is CC1CCNC1C(=O)N(C)CCCCCO. The zero-order valence-corrected chi connectivity index (χ0v) is 10.4. The summed E-state index contributed by atoms with van der Waals surface area (Å²) in [5.74, 6) is 0.668. The fourth-order valence-corrected chi connectivity index (χ4v) is 2.15. The largest absolute Gasteiger partial charge is 0.396 e. The molecule has 0 bridgehead atoms. The maximum atomic E-state index is 12.0. The molecule has 0 aromatic rings. The summed E-state index contributed by atoms with van der Waals surface area (Å²) in [5.41, 5.74) is 0. The summed E-state index contributed by atoms with van der Waals surface area (Å²) in [6, 6.07) is 0.0165. The van der Waals surface area contributed by atoms with E-state index >= 15 is 0 Å². The molecule has 1 heterocycles. The molecule has 2 N–H and O–H groups in total. The van der Waals surface area contributed by atoms with E-state index in [0.717, 1.165) is 38.8 Å². The second kappa shape index (κ2) is 6.86. The molecule has 2 atom stereocenters. The number of unbranched alkanes of at least 4 members (excludes halogenated alkanes) is 2. The lowest BCUT2D eigenvalue weighted by Gasteiger charge is -2.23. The Hall–Kier alpha value is -0.610. The first kappa shape index (κ1) is 13.5. The highest BCUT2D eigenvalue weighted by atomic mass is 16.2. The fraction of sp³-hybridized carbons (Fsp3) is 0.917. The minimum atomic E-state index is 0.0165. The smallest absolute Gasteiger partial charge is 0.239 e. The van der Waals surface area contributed by atoms with Gasteiger partial charge in [0.15, 0.2) is 0 Å². The van der Waals surface area contributed by atoms with Crippen LogP contribution in [0.2, 0.25) is 0 Å². The normalized spacial score (nSPS) is 24.7. The zero-order chi connectivity index (χ0) is 12.0. The molecule has 1 amide bonds. The van der Waals surface area contributed by atoms with Gasteiger partial charge in [0.2, 0.25) is 5.91 Å². The van der Waals surface area contributed by atoms with Crippen molar-refractivity contribution in [2.24, 2.45) is 5.92 Å². The highest BCUT2D eigenvalue weighted by Gasteiger charge is 2.30. The topological polar surface area (TPSA) is 52.6 Å². The Labute approximate surface area is 98.0 Å². The number of rotatable bonds is 6. The maximum absolute atomic E-state index is 12.0. The van der Waals surface area contributed by atoms with Crippen LogP contribution in [0.15, 0.2) is 0 Å². The second-order valence-electron chi connectivity index (χ2n) is 4.74. The first-order chi connectivity index (χ1) is 7.66. The van der Waals surface area contributed by atoms with Gasteiger partial charge in [-0.25, -0.2) is 0 Å². The number of likely N-dealkylation sites (N-methyl/N-ethyl adjacent to an activating group) is 1. The van der Waals surface area contributed by atoms with Gasteiger partial charge < -0.3 is 15.3 Å². The van der Waals surface area contributed by atoms with Gasteiger partial charge in [-0.05, 0) is 38.1 Å². The molecule has 1 fully saturated rings. The van der Waals surface area contributed by atoms with E-state index in [-0.39, 0.29) is 18.6 Å². The first-order valence-corrected chi connectivity index (χ1v) is 6.26. The van der Waals surface area contributed by atoms with Crippen molar-refractivity contribution in [3.63, 3.8) is 0 Å². The van der Waals surface area contributed by atoms with Gasteiger partial charge in [0, 0.05) is 20.2 Å². The van der Waals surface area contributed by atoms with Gasteiger partial charge in [-0.3, -0.25) is 4.79 Å². The molecule has 2 unspecified atom stereocenters. The van der Waals surface area contributed by atoms with Crippen molar-refractivity contribution in [1.82, 2.24) is 10.2 Å². The Morgan fingerprint density at radius 1 is 1.44 bits per heavy atom. The van der Waals surface area contributed by atoms with E-state index in [9.17, 15) is 4.79 Å². The Morgan fingerprint density at radius 2 is 2.19 bits per heavy atom. The van der Waals surface area contributed by atoms with Crippen LogP contribution in [0.3, 0.4) is 0 Å². The second-order valence-corrected chi connectivity index (χ2v) is 4.74. The molecule has 0 radical (unpaired) electrons. The minimum Gasteiger partial charge on any atom is -0.396 e. The number of hydrogen-bond acceptors (Lipinski definition) is 3. The lowest BCUT2D eigenvalue weighted by Crippen LogP contribution is -2.44. The van der Waals surface area contributed by atoms with Crippen LogP contribution in [0.5, 0.6) is 0 Å². The van der Waals surface area contributed by atoms with E-state index in [4.69, 9.17) is 5.11 Å². The highest BCUT2D eigenvalue weighted by molar-refractivity contribution is 5.82. The van der Waals surface area contributed by atoms with Gasteiger partial charge in [-0.2, -0.15) is 0 Å². The number of aliphatic hydroxyl groups excluding tert-OH is 1. The fourth-order valence-electron chi connectivity index (χ4n) is 2.15. The maximum Gasteiger partial charge on any atom is 0.239 e. The molecule has 1 aliphatic heterocycles. The van der Waals surface area contributed by atoms with E-state index in [0.29, 0.717) is 5.92 Å². The van der Waals surface area contributed by atoms with Gasteiger partial charge >= 0.3 is 0 Å². The molecule has 0 aromatic heterocycles. The van der Waals surface area contributed by atoms with Crippen LogP contribution >= 0.6 is 0 Å². The first-order valence-electron chi connectivity index (χ1n) is 6.26. The third-order valence-electron chi connectivity index (χ3n) is 3.33. The van der Waals surface area contributed by atoms with Crippen molar-refractivity contribution in [3.8, 4) is 0 Å². The predicted molar refractivity (Wildman–Crippen MR) is 64.1 cm³/mol. The van der Waals surface area contributed by atoms with Crippen molar-refractivity contribution in [2.45, 2.75) is 38.6 Å². The van der Waals surface area contributed by atoms with Crippen LogP contribution in [0.4, 0.5) is 0 Å². The minimum absolute atomic E-state index is 0.0165. The van der Waals surface area contributed by atoms with Crippen molar-refractivity contribution >= 4 is 5.91 Å². The molecule has 1 rings (SSSR count). The number of amides is 1. The monoisotopic (exact) mass is 228 g/mol. The summed E-state index contributed by atoms with van der Waals surface area (Å²) in [5, 5.41) is 11.9. The molecular weight excluding hydrogens is 204 g/mol. The van der Waals surface area contributed by atoms with Gasteiger partial charge in [-0.15, -0.1) is 0 Å². The van der Waals surface area contributed by atoms with Gasteiger partial charge in [0.05, 0.1) is 6.04 Å². The summed E-state index contributed by atoms with van der Waals surface area (Å²) in [7, 11) is 1.87. The van der Waals surface area contributed by atoms with E-state index in [1.807, 2.05) is 11.9 Å². The molecule has 4 nitrogen and oxygen atoms in total. The van der Waals surface area contributed by atoms with Crippen molar-refractivity contribution in [1.29, 1.82) is 0 Å². The molecule has 16 heavy (non-hydrogen) atoms. The quantitative estimate of drug-likeness (QED) is 0.655. The molecule has 4 heteroatoms. The van der Waals surface area contributed by atoms with Crippen molar-refractivity contribution < 1.29 is 9.90 Å². The molecule has 0 saturated carbocycles. The molecule has 94 valence electrons. The van der Waals surface area contributed by atoms with E-state index in [1.165, 1.54) is 0 Å². The summed E-state index contributed by atoms with van der Waals surface area (Å²) < 4.78 is 0. The molecule has 0 aromatic carbocycles. The van der Waals surface area contributed by atoms with Crippen LogP contribution in [-0.4, -0.2) is 48.7 Å². The lowest BCUT2D eigenvalue weighted by atomic mass is 10.0. The van der Waals surface area contributed by atoms with Crippen LogP contribution in [0.25, 0.3) is 0 Å². The predicted octanol–water partition coefficient (Wildman–Crippen LogP) is 0.605. The summed E-state index contributed by atoms with van der Waals surface area (Å²) >= 11 is 0. The van der Waals surface area contributed by atoms with E-state index in [1.54, 1.807) is 0 Å². The molecular formula is C12H24N2O2. The summed E-state index contributed by atoms with van der Waals surface area (Å²) in [6.07, 6.45) is 3.89. The van der Waals surface area contributed by atoms with Gasteiger partial charge in [0.1, 0.15) is 0 Å². The molecule has 0 spiro atoms. The number of nitrogens with zero attached hydrogens (tertiary/aromatic N) is 1. The average molecular weight is 228 g/mol. The standard InChI is InChI=1S/C12H24N2O2/c1-10-6-7-13-11(10)12(16)14(2)8-4-3-5-9-15/h10-11,13,15H,3-9H2,1-2H3. The van der Waals surface area contributed by atoms with E-state index in [2.05, 4.69) is 12.2 Å². The van der Waals surface area contributed by atoms with Crippen LogP contribution in [0.1, 0.15) is 32.6 Å². The highest BCUT2D eigenvalue weighted by Crippen LogP contribution is 2.16. The molecule has 1 saturated heterocycles. The Bertz CT molecular complexity index is 221. The summed E-state index contributed by atoms with van der Waals surface area (Å²) in [4.78, 5) is 13.8.